The summed E-state index contributed by atoms with van der Waals surface area (Å²) in [5.74, 6) is -1.07. The number of rotatable bonds is 3. The second-order valence-corrected chi connectivity index (χ2v) is 4.26. The van der Waals surface area contributed by atoms with Crippen LogP contribution in [0.4, 0.5) is 11.4 Å². The van der Waals surface area contributed by atoms with E-state index in [0.717, 1.165) is 5.01 Å². The standard InChI is InChI=1S/C13H8N4O4/c18-12-10-2-1-7-14-11(10)13(19)16(12)15-8-3-5-9(6-4-8)17(20)21/h1-7,15H. The number of hydrazine groups is 1. The summed E-state index contributed by atoms with van der Waals surface area (Å²) in [7, 11) is 0. The highest BCUT2D eigenvalue weighted by atomic mass is 16.6. The average Bonchev–Trinajstić information content (AvgIpc) is 2.73. The summed E-state index contributed by atoms with van der Waals surface area (Å²) < 4.78 is 0. The number of non-ortho nitro benzene ring substituents is 1. The zero-order chi connectivity index (χ0) is 15.0. The van der Waals surface area contributed by atoms with Gasteiger partial charge in [-0.2, -0.15) is 5.01 Å². The highest BCUT2D eigenvalue weighted by molar-refractivity contribution is 6.20. The van der Waals surface area contributed by atoms with Crippen molar-refractivity contribution in [3.05, 3.63) is 64.0 Å². The van der Waals surface area contributed by atoms with E-state index in [1.807, 2.05) is 0 Å². The van der Waals surface area contributed by atoms with Crippen LogP contribution in [-0.2, 0) is 0 Å². The minimum atomic E-state index is -0.561. The van der Waals surface area contributed by atoms with Crippen LogP contribution in [0.2, 0.25) is 0 Å². The molecule has 2 aromatic rings. The van der Waals surface area contributed by atoms with Gasteiger partial charge in [0.1, 0.15) is 5.69 Å². The van der Waals surface area contributed by atoms with E-state index >= 15 is 0 Å². The highest BCUT2D eigenvalue weighted by Gasteiger charge is 2.37. The van der Waals surface area contributed by atoms with Gasteiger partial charge in [-0.05, 0) is 24.3 Å². The molecule has 1 aromatic carbocycles. The van der Waals surface area contributed by atoms with Crippen LogP contribution in [0.5, 0.6) is 0 Å². The fourth-order valence-electron chi connectivity index (χ4n) is 1.96. The molecule has 1 aromatic heterocycles. The number of nitro groups is 1. The molecule has 0 atom stereocenters. The van der Waals surface area contributed by atoms with Gasteiger partial charge >= 0.3 is 0 Å². The number of carbonyl (C=O) groups excluding carboxylic acids is 2. The van der Waals surface area contributed by atoms with Crippen LogP contribution in [0.3, 0.4) is 0 Å². The number of nitrogens with one attached hydrogen (secondary N) is 1. The molecule has 0 fully saturated rings. The second-order valence-electron chi connectivity index (χ2n) is 4.26. The quantitative estimate of drug-likeness (QED) is 0.521. The van der Waals surface area contributed by atoms with E-state index < -0.39 is 16.7 Å². The van der Waals surface area contributed by atoms with Crippen molar-refractivity contribution in [2.75, 3.05) is 5.43 Å². The van der Waals surface area contributed by atoms with Crippen molar-refractivity contribution in [2.45, 2.75) is 0 Å². The predicted molar refractivity (Wildman–Crippen MR) is 71.5 cm³/mol. The third-order valence-electron chi connectivity index (χ3n) is 2.97. The lowest BCUT2D eigenvalue weighted by Crippen LogP contribution is -2.35. The number of fused-ring (bicyclic) bond motifs is 1. The lowest BCUT2D eigenvalue weighted by Gasteiger charge is -2.15. The van der Waals surface area contributed by atoms with Crippen molar-refractivity contribution >= 4 is 23.2 Å². The third-order valence-corrected chi connectivity index (χ3v) is 2.97. The summed E-state index contributed by atoms with van der Waals surface area (Å²) in [6.07, 6.45) is 1.43. The molecule has 2 heterocycles. The largest absolute Gasteiger partial charge is 0.299 e. The Kier molecular flexibility index (Phi) is 2.83. The van der Waals surface area contributed by atoms with Crippen molar-refractivity contribution in [3.8, 4) is 0 Å². The van der Waals surface area contributed by atoms with Gasteiger partial charge in [0.2, 0.25) is 0 Å². The molecule has 8 heteroatoms. The summed E-state index contributed by atoms with van der Waals surface area (Å²) >= 11 is 0. The molecule has 1 N–H and O–H groups in total. The molecular weight excluding hydrogens is 276 g/mol. The third kappa shape index (κ3) is 2.08. The molecule has 21 heavy (non-hydrogen) atoms. The molecule has 0 unspecified atom stereocenters. The molecule has 0 saturated heterocycles. The Morgan fingerprint density at radius 1 is 1.10 bits per heavy atom. The van der Waals surface area contributed by atoms with Gasteiger partial charge in [0.05, 0.1) is 16.2 Å². The summed E-state index contributed by atoms with van der Waals surface area (Å²) in [4.78, 5) is 38.1. The molecule has 0 spiro atoms. The van der Waals surface area contributed by atoms with Crippen molar-refractivity contribution in [2.24, 2.45) is 0 Å². The van der Waals surface area contributed by atoms with E-state index in [2.05, 4.69) is 10.4 Å². The van der Waals surface area contributed by atoms with E-state index in [1.54, 1.807) is 6.07 Å². The maximum absolute atomic E-state index is 12.1. The van der Waals surface area contributed by atoms with E-state index in [4.69, 9.17) is 0 Å². The van der Waals surface area contributed by atoms with Gasteiger partial charge in [0.15, 0.2) is 0 Å². The minimum absolute atomic E-state index is 0.0791. The molecule has 3 rings (SSSR count). The maximum atomic E-state index is 12.1. The van der Waals surface area contributed by atoms with Crippen LogP contribution in [0.1, 0.15) is 20.8 Å². The Morgan fingerprint density at radius 2 is 1.81 bits per heavy atom. The first kappa shape index (κ1) is 12.7. The summed E-state index contributed by atoms with van der Waals surface area (Å²) in [5, 5.41) is 11.4. The van der Waals surface area contributed by atoms with Crippen LogP contribution in [0, 0.1) is 10.1 Å². The Balaban J connectivity index is 1.85. The minimum Gasteiger partial charge on any atom is -0.288 e. The number of hydrogen-bond donors (Lipinski definition) is 1. The number of imide groups is 1. The van der Waals surface area contributed by atoms with Crippen molar-refractivity contribution in [1.82, 2.24) is 9.99 Å². The first-order valence-corrected chi connectivity index (χ1v) is 5.93. The summed E-state index contributed by atoms with van der Waals surface area (Å²) in [6, 6.07) is 8.46. The van der Waals surface area contributed by atoms with Crippen LogP contribution in [0.15, 0.2) is 42.6 Å². The van der Waals surface area contributed by atoms with E-state index in [-0.39, 0.29) is 16.9 Å². The van der Waals surface area contributed by atoms with Gasteiger partial charge in [-0.1, -0.05) is 0 Å². The van der Waals surface area contributed by atoms with Gasteiger partial charge in [0.25, 0.3) is 17.5 Å². The monoisotopic (exact) mass is 284 g/mol. The van der Waals surface area contributed by atoms with E-state index in [1.165, 1.54) is 36.5 Å². The SMILES string of the molecule is O=C1c2cccnc2C(=O)N1Nc1ccc([N+](=O)[O-])cc1. The molecule has 0 aliphatic carbocycles. The smallest absolute Gasteiger partial charge is 0.288 e. The summed E-state index contributed by atoms with van der Waals surface area (Å²) in [6.45, 7) is 0. The Morgan fingerprint density at radius 3 is 2.43 bits per heavy atom. The molecule has 1 aliphatic rings. The topological polar surface area (TPSA) is 105 Å². The zero-order valence-electron chi connectivity index (χ0n) is 10.5. The molecule has 8 nitrogen and oxygen atoms in total. The molecule has 0 saturated carbocycles. The summed E-state index contributed by atoms with van der Waals surface area (Å²) in [5.41, 5.74) is 3.23. The zero-order valence-corrected chi connectivity index (χ0v) is 10.5. The lowest BCUT2D eigenvalue weighted by molar-refractivity contribution is -0.384. The van der Waals surface area contributed by atoms with Gasteiger partial charge in [-0.15, -0.1) is 0 Å². The normalized spacial score (nSPS) is 13.2. The van der Waals surface area contributed by atoms with Crippen LogP contribution < -0.4 is 5.43 Å². The fraction of sp³-hybridized carbons (Fsp3) is 0. The number of benzene rings is 1. The van der Waals surface area contributed by atoms with Gasteiger partial charge < -0.3 is 0 Å². The van der Waals surface area contributed by atoms with Crippen molar-refractivity contribution in [1.29, 1.82) is 0 Å². The van der Waals surface area contributed by atoms with E-state index in [0.29, 0.717) is 5.69 Å². The van der Waals surface area contributed by atoms with Crippen molar-refractivity contribution in [3.63, 3.8) is 0 Å². The van der Waals surface area contributed by atoms with Gasteiger partial charge in [-0.25, -0.2) is 0 Å². The Labute approximate surface area is 118 Å². The molecule has 0 radical (unpaired) electrons. The number of nitrogens with zero attached hydrogens (tertiary/aromatic N) is 3. The number of pyridine rings is 1. The molecular formula is C13H8N4O4. The average molecular weight is 284 g/mol. The number of nitro benzene ring substituents is 1. The Bertz CT molecular complexity index is 722. The van der Waals surface area contributed by atoms with Crippen LogP contribution in [-0.4, -0.2) is 26.7 Å². The first-order valence-electron chi connectivity index (χ1n) is 5.93. The van der Waals surface area contributed by atoms with Crippen LogP contribution in [0.25, 0.3) is 0 Å². The van der Waals surface area contributed by atoms with Gasteiger partial charge in [0, 0.05) is 18.3 Å². The van der Waals surface area contributed by atoms with Crippen molar-refractivity contribution < 1.29 is 14.5 Å². The number of amides is 2. The lowest BCUT2D eigenvalue weighted by atomic mass is 10.2. The number of aromatic nitrogens is 1. The number of anilines is 1. The Hall–Kier alpha value is -3.29. The molecule has 2 amide bonds. The first-order chi connectivity index (χ1) is 10.1. The van der Waals surface area contributed by atoms with Crippen LogP contribution >= 0.6 is 0 Å². The second kappa shape index (κ2) is 4.67. The number of hydrogen-bond acceptors (Lipinski definition) is 6. The number of carbonyl (C=O) groups is 2. The predicted octanol–water partition coefficient (Wildman–Crippen LogP) is 1.61. The molecule has 104 valence electrons. The maximum Gasteiger partial charge on any atom is 0.299 e. The van der Waals surface area contributed by atoms with Gasteiger partial charge in [-0.3, -0.25) is 30.1 Å². The molecule has 0 bridgehead atoms. The van der Waals surface area contributed by atoms with E-state index in [9.17, 15) is 19.7 Å². The highest BCUT2D eigenvalue weighted by Crippen LogP contribution is 2.22. The molecule has 1 aliphatic heterocycles. The fourth-order valence-corrected chi connectivity index (χ4v) is 1.96.